The van der Waals surface area contributed by atoms with Crippen LogP contribution in [0.25, 0.3) is 0 Å². The van der Waals surface area contributed by atoms with Gasteiger partial charge in [-0.15, -0.1) is 0 Å². The monoisotopic (exact) mass is 349 g/mol. The average molecular weight is 349 g/mol. The number of ether oxygens (including phenoxy) is 2. The number of likely N-dealkylation sites (tertiary alicyclic amines) is 1. The molecule has 2 atom stereocenters. The van der Waals surface area contributed by atoms with Gasteiger partial charge in [-0.1, -0.05) is 6.07 Å². The molecule has 25 heavy (non-hydrogen) atoms. The molecule has 1 aliphatic rings. The van der Waals surface area contributed by atoms with E-state index in [0.29, 0.717) is 24.6 Å². The molecule has 0 spiro atoms. The number of aliphatic hydroxyl groups is 1. The molecule has 1 N–H and O–H groups in total. The molecule has 4 nitrogen and oxygen atoms in total. The third kappa shape index (κ3) is 5.41. The smallest absolute Gasteiger partial charge is 0.126 e. The van der Waals surface area contributed by atoms with Gasteiger partial charge in [0.05, 0.1) is 0 Å². The Bertz CT molecular complexity index is 681. The SMILES string of the molecule is OC(COc1cccc(F)c1)CN1CCC(Oc2ccc(F)cc2)C1. The standard InChI is InChI=1S/C19H21F2NO3/c20-14-4-6-17(7-5-14)25-19-8-9-22(12-19)11-16(23)13-24-18-3-1-2-15(21)10-18/h1-7,10,16,19,23H,8-9,11-13H2. The number of nitrogens with zero attached hydrogens (tertiary/aromatic N) is 1. The second kappa shape index (κ2) is 8.27. The molecule has 3 rings (SSSR count). The maximum atomic E-state index is 13.1. The fourth-order valence-electron chi connectivity index (χ4n) is 2.86. The highest BCUT2D eigenvalue weighted by atomic mass is 19.1. The zero-order valence-electron chi connectivity index (χ0n) is 13.8. The summed E-state index contributed by atoms with van der Waals surface area (Å²) in [7, 11) is 0. The maximum Gasteiger partial charge on any atom is 0.126 e. The van der Waals surface area contributed by atoms with Gasteiger partial charge in [0.2, 0.25) is 0 Å². The molecule has 2 aromatic carbocycles. The van der Waals surface area contributed by atoms with Crippen LogP contribution < -0.4 is 9.47 Å². The molecule has 134 valence electrons. The summed E-state index contributed by atoms with van der Waals surface area (Å²) in [6, 6.07) is 11.8. The third-order valence-electron chi connectivity index (χ3n) is 4.05. The molecule has 2 aromatic rings. The van der Waals surface area contributed by atoms with Gasteiger partial charge in [-0.25, -0.2) is 8.78 Å². The van der Waals surface area contributed by atoms with Crippen molar-refractivity contribution in [3.8, 4) is 11.5 Å². The largest absolute Gasteiger partial charge is 0.491 e. The van der Waals surface area contributed by atoms with Crippen LogP contribution in [0.1, 0.15) is 6.42 Å². The van der Waals surface area contributed by atoms with Crippen molar-refractivity contribution >= 4 is 0 Å². The Labute approximate surface area is 145 Å². The van der Waals surface area contributed by atoms with Crippen molar-refractivity contribution in [2.75, 3.05) is 26.2 Å². The number of aliphatic hydroxyl groups excluding tert-OH is 1. The van der Waals surface area contributed by atoms with E-state index in [4.69, 9.17) is 9.47 Å². The summed E-state index contributed by atoms with van der Waals surface area (Å²) in [5, 5.41) is 10.1. The minimum Gasteiger partial charge on any atom is -0.491 e. The Kier molecular flexibility index (Phi) is 5.83. The topological polar surface area (TPSA) is 41.9 Å². The second-order valence-electron chi connectivity index (χ2n) is 6.16. The minimum atomic E-state index is -0.673. The van der Waals surface area contributed by atoms with Gasteiger partial charge in [0.1, 0.15) is 41.9 Å². The van der Waals surface area contributed by atoms with Crippen molar-refractivity contribution in [2.24, 2.45) is 0 Å². The lowest BCUT2D eigenvalue weighted by Gasteiger charge is -2.20. The Morgan fingerprint density at radius 3 is 2.64 bits per heavy atom. The quantitative estimate of drug-likeness (QED) is 0.835. The molecule has 0 amide bonds. The number of hydrogen-bond acceptors (Lipinski definition) is 4. The van der Waals surface area contributed by atoms with Crippen LogP contribution in [-0.4, -0.2) is 48.5 Å². The number of halogens is 2. The lowest BCUT2D eigenvalue weighted by atomic mass is 10.3. The van der Waals surface area contributed by atoms with E-state index in [0.717, 1.165) is 13.0 Å². The molecular formula is C19H21F2NO3. The molecule has 0 aliphatic carbocycles. The summed E-state index contributed by atoms with van der Waals surface area (Å²) in [6.45, 7) is 2.05. The van der Waals surface area contributed by atoms with Gasteiger partial charge in [-0.05, 0) is 42.8 Å². The molecule has 0 bridgehead atoms. The van der Waals surface area contributed by atoms with E-state index in [-0.39, 0.29) is 24.3 Å². The summed E-state index contributed by atoms with van der Waals surface area (Å²) in [4.78, 5) is 2.09. The highest BCUT2D eigenvalue weighted by Gasteiger charge is 2.25. The van der Waals surface area contributed by atoms with Crippen LogP contribution >= 0.6 is 0 Å². The Balaban J connectivity index is 1.40. The molecule has 1 saturated heterocycles. The van der Waals surface area contributed by atoms with Gasteiger partial charge in [-0.3, -0.25) is 4.90 Å². The normalized spacial score (nSPS) is 18.9. The van der Waals surface area contributed by atoms with E-state index in [1.165, 1.54) is 24.3 Å². The summed E-state index contributed by atoms with van der Waals surface area (Å²) < 4.78 is 37.2. The number of benzene rings is 2. The zero-order chi connectivity index (χ0) is 17.6. The van der Waals surface area contributed by atoms with Crippen LogP contribution in [0.15, 0.2) is 48.5 Å². The molecule has 1 heterocycles. The van der Waals surface area contributed by atoms with Gasteiger partial charge in [0, 0.05) is 25.7 Å². The zero-order valence-corrected chi connectivity index (χ0v) is 13.8. The third-order valence-corrected chi connectivity index (χ3v) is 4.05. The number of hydrogen-bond donors (Lipinski definition) is 1. The van der Waals surface area contributed by atoms with Gasteiger partial charge in [0.15, 0.2) is 0 Å². The van der Waals surface area contributed by atoms with Gasteiger partial charge < -0.3 is 14.6 Å². The summed E-state index contributed by atoms with van der Waals surface area (Å²) in [5.74, 6) is 0.385. The average Bonchev–Trinajstić information content (AvgIpc) is 3.02. The Hall–Kier alpha value is -2.18. The van der Waals surface area contributed by atoms with Crippen molar-refractivity contribution in [2.45, 2.75) is 18.6 Å². The van der Waals surface area contributed by atoms with Gasteiger partial charge in [-0.2, -0.15) is 0 Å². The van der Waals surface area contributed by atoms with Crippen molar-refractivity contribution in [1.82, 2.24) is 4.90 Å². The number of β-amino-alcohol motifs (C(OH)–C–C–N with tert-alkyl or cyclic N) is 1. The van der Waals surface area contributed by atoms with E-state index in [9.17, 15) is 13.9 Å². The van der Waals surface area contributed by atoms with Crippen LogP contribution in [0.2, 0.25) is 0 Å². The first kappa shape index (κ1) is 17.6. The first-order chi connectivity index (χ1) is 12.1. The van der Waals surface area contributed by atoms with E-state index in [1.54, 1.807) is 24.3 Å². The van der Waals surface area contributed by atoms with Crippen molar-refractivity contribution < 1.29 is 23.4 Å². The fourth-order valence-corrected chi connectivity index (χ4v) is 2.86. The van der Waals surface area contributed by atoms with Crippen molar-refractivity contribution in [1.29, 1.82) is 0 Å². The molecule has 0 radical (unpaired) electrons. The molecule has 6 heteroatoms. The molecule has 0 saturated carbocycles. The maximum absolute atomic E-state index is 13.1. The molecule has 0 aromatic heterocycles. The Morgan fingerprint density at radius 2 is 1.88 bits per heavy atom. The summed E-state index contributed by atoms with van der Waals surface area (Å²) >= 11 is 0. The van der Waals surface area contributed by atoms with Crippen LogP contribution in [0.3, 0.4) is 0 Å². The number of rotatable bonds is 7. The van der Waals surface area contributed by atoms with Crippen LogP contribution in [0, 0.1) is 11.6 Å². The van der Waals surface area contributed by atoms with E-state index >= 15 is 0 Å². The van der Waals surface area contributed by atoms with Crippen LogP contribution in [0.5, 0.6) is 11.5 Å². The Morgan fingerprint density at radius 1 is 1.08 bits per heavy atom. The first-order valence-electron chi connectivity index (χ1n) is 8.29. The first-order valence-corrected chi connectivity index (χ1v) is 8.29. The van der Waals surface area contributed by atoms with Crippen LogP contribution in [-0.2, 0) is 0 Å². The highest BCUT2D eigenvalue weighted by Crippen LogP contribution is 2.19. The van der Waals surface area contributed by atoms with Crippen molar-refractivity contribution in [3.05, 3.63) is 60.2 Å². The minimum absolute atomic E-state index is 0.0156. The van der Waals surface area contributed by atoms with Crippen LogP contribution in [0.4, 0.5) is 8.78 Å². The lowest BCUT2D eigenvalue weighted by molar-refractivity contribution is 0.0719. The summed E-state index contributed by atoms with van der Waals surface area (Å²) in [5.41, 5.74) is 0. The van der Waals surface area contributed by atoms with Crippen molar-refractivity contribution in [3.63, 3.8) is 0 Å². The molecule has 1 fully saturated rings. The predicted octanol–water partition coefficient (Wildman–Crippen LogP) is 2.86. The van der Waals surface area contributed by atoms with E-state index < -0.39 is 6.10 Å². The molecule has 1 aliphatic heterocycles. The molecule has 2 unspecified atom stereocenters. The second-order valence-corrected chi connectivity index (χ2v) is 6.16. The lowest BCUT2D eigenvalue weighted by Crippen LogP contribution is -2.35. The highest BCUT2D eigenvalue weighted by molar-refractivity contribution is 5.23. The predicted molar refractivity (Wildman–Crippen MR) is 89.8 cm³/mol. The van der Waals surface area contributed by atoms with Gasteiger partial charge in [0.25, 0.3) is 0 Å². The van der Waals surface area contributed by atoms with E-state index in [2.05, 4.69) is 4.90 Å². The van der Waals surface area contributed by atoms with Gasteiger partial charge >= 0.3 is 0 Å². The fraction of sp³-hybridized carbons (Fsp3) is 0.368. The molecular weight excluding hydrogens is 328 g/mol. The summed E-state index contributed by atoms with van der Waals surface area (Å²) in [6.07, 6.45) is 0.184. The van der Waals surface area contributed by atoms with E-state index in [1.807, 2.05) is 0 Å².